The van der Waals surface area contributed by atoms with Crippen LogP contribution >= 0.6 is 0 Å². The van der Waals surface area contributed by atoms with E-state index in [0.29, 0.717) is 0 Å². The molecule has 1 aromatic carbocycles. The Bertz CT molecular complexity index is 692. The molecule has 22 heavy (non-hydrogen) atoms. The lowest BCUT2D eigenvalue weighted by atomic mass is 9.95. The van der Waals surface area contributed by atoms with Crippen LogP contribution in [0.25, 0.3) is 11.1 Å². The summed E-state index contributed by atoms with van der Waals surface area (Å²) in [6, 6.07) is 9.24. The quantitative estimate of drug-likeness (QED) is 0.567. The van der Waals surface area contributed by atoms with Crippen molar-refractivity contribution in [3.05, 3.63) is 68.8 Å². The smallest absolute Gasteiger partial charge is 0.00554 e. The molecule has 0 heterocycles. The minimum atomic E-state index is 1.11. The summed E-state index contributed by atoms with van der Waals surface area (Å²) in [5, 5.41) is 0. The predicted octanol–water partition coefficient (Wildman–Crippen LogP) is 6.71. The second-order valence-electron chi connectivity index (χ2n) is 6.95. The van der Waals surface area contributed by atoms with Gasteiger partial charge >= 0.3 is 0 Å². The first-order chi connectivity index (χ1) is 10.4. The van der Waals surface area contributed by atoms with Gasteiger partial charge in [-0.1, -0.05) is 35.4 Å². The van der Waals surface area contributed by atoms with Gasteiger partial charge in [0.25, 0.3) is 0 Å². The van der Waals surface area contributed by atoms with Crippen molar-refractivity contribution in [1.29, 1.82) is 0 Å². The van der Waals surface area contributed by atoms with Gasteiger partial charge in [0, 0.05) is 0 Å². The number of hydrogen-bond acceptors (Lipinski definition) is 0. The molecule has 0 atom stereocenters. The van der Waals surface area contributed by atoms with Gasteiger partial charge in [0.05, 0.1) is 0 Å². The van der Waals surface area contributed by atoms with Crippen LogP contribution in [0.15, 0.2) is 57.7 Å². The molecule has 0 radical (unpaired) electrons. The van der Waals surface area contributed by atoms with Crippen LogP contribution in [-0.2, 0) is 0 Å². The summed E-state index contributed by atoms with van der Waals surface area (Å²) in [7, 11) is 0. The number of allylic oxidation sites excluding steroid dienone is 8. The van der Waals surface area contributed by atoms with Crippen molar-refractivity contribution >= 4 is 11.1 Å². The molecule has 0 heteroatoms. The lowest BCUT2D eigenvalue weighted by Crippen LogP contribution is -1.88. The van der Waals surface area contributed by atoms with Crippen LogP contribution in [0, 0.1) is 0 Å². The highest BCUT2D eigenvalue weighted by molar-refractivity contribution is 5.81. The van der Waals surface area contributed by atoms with Gasteiger partial charge in [-0.2, -0.15) is 0 Å². The summed E-state index contributed by atoms with van der Waals surface area (Å²) in [6.45, 7) is 13.5. The standard InChI is InChI=1S/C22H26/c1-13-11-21(17(5)15(13)3)19-7-9-20(10-8-19)22-12-14(2)16(4)18(22)6/h7-10H,11-12H2,1-6H3. The molecule has 0 unspecified atom stereocenters. The first-order valence-corrected chi connectivity index (χ1v) is 8.24. The molecular formula is C22H26. The first-order valence-electron chi connectivity index (χ1n) is 8.24. The van der Waals surface area contributed by atoms with Crippen molar-refractivity contribution in [2.24, 2.45) is 0 Å². The molecule has 0 aromatic heterocycles. The third-order valence-electron chi connectivity index (χ3n) is 5.78. The van der Waals surface area contributed by atoms with Gasteiger partial charge in [0.1, 0.15) is 0 Å². The van der Waals surface area contributed by atoms with E-state index in [2.05, 4.69) is 65.8 Å². The zero-order valence-electron chi connectivity index (χ0n) is 14.7. The van der Waals surface area contributed by atoms with E-state index in [-0.39, 0.29) is 0 Å². The topological polar surface area (TPSA) is 0 Å². The maximum Gasteiger partial charge on any atom is -0.00554 e. The predicted molar refractivity (Wildman–Crippen MR) is 97.6 cm³/mol. The number of hydrogen-bond donors (Lipinski definition) is 0. The second-order valence-corrected chi connectivity index (χ2v) is 6.95. The molecule has 114 valence electrons. The third-order valence-corrected chi connectivity index (χ3v) is 5.78. The average molecular weight is 290 g/mol. The largest absolute Gasteiger partial charge is 0.0657 e. The average Bonchev–Trinajstić information content (AvgIpc) is 2.92. The fourth-order valence-corrected chi connectivity index (χ4v) is 3.66. The lowest BCUT2D eigenvalue weighted by molar-refractivity contribution is 1.22. The Hall–Kier alpha value is -1.82. The van der Waals surface area contributed by atoms with Crippen molar-refractivity contribution < 1.29 is 0 Å². The van der Waals surface area contributed by atoms with Crippen LogP contribution in [0.2, 0.25) is 0 Å². The van der Waals surface area contributed by atoms with Gasteiger partial charge in [0.2, 0.25) is 0 Å². The SMILES string of the molecule is CC1=C(C)C(C)=C(c2ccc(C3=C(C)C(C)=C(C)C3)cc2)C1. The monoisotopic (exact) mass is 290 g/mol. The van der Waals surface area contributed by atoms with E-state index in [1.54, 1.807) is 0 Å². The van der Waals surface area contributed by atoms with Crippen molar-refractivity contribution in [3.63, 3.8) is 0 Å². The van der Waals surface area contributed by atoms with Gasteiger partial charge in [-0.15, -0.1) is 0 Å². The molecule has 0 amide bonds. The van der Waals surface area contributed by atoms with E-state index in [9.17, 15) is 0 Å². The Morgan fingerprint density at radius 2 is 0.818 bits per heavy atom. The van der Waals surface area contributed by atoms with Crippen molar-refractivity contribution in [2.75, 3.05) is 0 Å². The molecule has 0 aliphatic heterocycles. The van der Waals surface area contributed by atoms with Gasteiger partial charge in [-0.05, 0) is 98.9 Å². The van der Waals surface area contributed by atoms with Crippen LogP contribution in [0.3, 0.4) is 0 Å². The maximum atomic E-state index is 2.31. The fraction of sp³-hybridized carbons (Fsp3) is 0.364. The van der Waals surface area contributed by atoms with E-state index < -0.39 is 0 Å². The van der Waals surface area contributed by atoms with Gasteiger partial charge in [-0.3, -0.25) is 0 Å². The molecule has 1 aromatic rings. The molecule has 0 saturated carbocycles. The highest BCUT2D eigenvalue weighted by atomic mass is 14.2. The molecule has 2 aliphatic carbocycles. The Kier molecular flexibility index (Phi) is 3.72. The lowest BCUT2D eigenvalue weighted by Gasteiger charge is -2.10. The normalized spacial score (nSPS) is 19.2. The zero-order valence-corrected chi connectivity index (χ0v) is 14.7. The summed E-state index contributed by atoms with van der Waals surface area (Å²) in [5.74, 6) is 0. The van der Waals surface area contributed by atoms with Crippen molar-refractivity contribution in [1.82, 2.24) is 0 Å². The van der Waals surface area contributed by atoms with Gasteiger partial charge in [0.15, 0.2) is 0 Å². The van der Waals surface area contributed by atoms with Crippen LogP contribution in [0.5, 0.6) is 0 Å². The Morgan fingerprint density at radius 1 is 0.500 bits per heavy atom. The molecular weight excluding hydrogens is 264 g/mol. The van der Waals surface area contributed by atoms with Crippen LogP contribution in [0.4, 0.5) is 0 Å². The van der Waals surface area contributed by atoms with Crippen LogP contribution in [0.1, 0.15) is 65.5 Å². The van der Waals surface area contributed by atoms with Crippen LogP contribution in [-0.4, -0.2) is 0 Å². The minimum absolute atomic E-state index is 1.11. The third kappa shape index (κ3) is 2.31. The summed E-state index contributed by atoms with van der Waals surface area (Å²) in [5.41, 5.74) is 14.7. The highest BCUT2D eigenvalue weighted by Gasteiger charge is 2.19. The first kappa shape index (κ1) is 15.1. The summed E-state index contributed by atoms with van der Waals surface area (Å²) < 4.78 is 0. The summed E-state index contributed by atoms with van der Waals surface area (Å²) >= 11 is 0. The Morgan fingerprint density at radius 3 is 1.05 bits per heavy atom. The molecule has 0 fully saturated rings. The highest BCUT2D eigenvalue weighted by Crippen LogP contribution is 2.40. The second kappa shape index (κ2) is 5.43. The molecule has 0 nitrogen and oxygen atoms in total. The molecule has 0 N–H and O–H groups in total. The summed E-state index contributed by atoms with van der Waals surface area (Å²) in [4.78, 5) is 0. The van der Waals surface area contributed by atoms with E-state index in [1.165, 1.54) is 55.7 Å². The van der Waals surface area contributed by atoms with E-state index >= 15 is 0 Å². The molecule has 0 bridgehead atoms. The van der Waals surface area contributed by atoms with Crippen LogP contribution < -0.4 is 0 Å². The number of rotatable bonds is 2. The minimum Gasteiger partial charge on any atom is -0.0657 e. The van der Waals surface area contributed by atoms with E-state index in [4.69, 9.17) is 0 Å². The van der Waals surface area contributed by atoms with Crippen molar-refractivity contribution in [2.45, 2.75) is 54.4 Å². The van der Waals surface area contributed by atoms with Gasteiger partial charge < -0.3 is 0 Å². The molecule has 0 spiro atoms. The molecule has 3 rings (SSSR count). The van der Waals surface area contributed by atoms with E-state index in [0.717, 1.165) is 12.8 Å². The Balaban J connectivity index is 1.91. The van der Waals surface area contributed by atoms with Crippen molar-refractivity contribution in [3.8, 4) is 0 Å². The fourth-order valence-electron chi connectivity index (χ4n) is 3.66. The van der Waals surface area contributed by atoms with E-state index in [1.807, 2.05) is 0 Å². The molecule has 2 aliphatic rings. The van der Waals surface area contributed by atoms with Gasteiger partial charge in [-0.25, -0.2) is 0 Å². The Labute approximate surface area is 135 Å². The summed E-state index contributed by atoms with van der Waals surface area (Å²) in [6.07, 6.45) is 2.22. The molecule has 0 saturated heterocycles. The number of benzene rings is 1. The zero-order chi connectivity index (χ0) is 16.0. The maximum absolute atomic E-state index is 2.31.